The Morgan fingerprint density at radius 3 is 2.42 bits per heavy atom. The van der Waals surface area contributed by atoms with Crippen molar-refractivity contribution in [2.24, 2.45) is 10.9 Å². The first-order valence-corrected chi connectivity index (χ1v) is 19.0. The van der Waals surface area contributed by atoms with Crippen molar-refractivity contribution >= 4 is 57.9 Å². The molecule has 278 valence electrons. The second-order valence-electron chi connectivity index (χ2n) is 14.7. The van der Waals surface area contributed by atoms with Gasteiger partial charge in [0.25, 0.3) is 5.91 Å². The van der Waals surface area contributed by atoms with Crippen LogP contribution in [0.5, 0.6) is 0 Å². The van der Waals surface area contributed by atoms with Gasteiger partial charge in [-0.15, -0.1) is 0 Å². The second kappa shape index (κ2) is 13.2. The van der Waals surface area contributed by atoms with Crippen LogP contribution in [0.15, 0.2) is 52.1 Å². The molecule has 2 aromatic rings. The number of benzene rings is 1. The maximum atomic E-state index is 15.0. The molecule has 0 radical (unpaired) electrons. The smallest absolute Gasteiger partial charge is 0.334 e. The number of alkyl halides is 3. The maximum Gasteiger partial charge on any atom is 0.471 e. The molecule has 1 aromatic carbocycles. The zero-order valence-corrected chi connectivity index (χ0v) is 31.3. The van der Waals surface area contributed by atoms with Crippen LogP contribution in [0.2, 0.25) is 10.2 Å². The highest BCUT2D eigenvalue weighted by Crippen LogP contribution is 2.56. The molecule has 4 aliphatic heterocycles. The van der Waals surface area contributed by atoms with Gasteiger partial charge in [-0.05, 0) is 80.5 Å². The number of pyridine rings is 1. The lowest BCUT2D eigenvalue weighted by Gasteiger charge is -2.48. The van der Waals surface area contributed by atoms with Gasteiger partial charge in [0.2, 0.25) is 5.91 Å². The normalized spacial score (nSPS) is 26.8. The summed E-state index contributed by atoms with van der Waals surface area (Å²) in [6.07, 6.45) is -1.27. The van der Waals surface area contributed by atoms with Crippen molar-refractivity contribution < 1.29 is 31.9 Å². The highest BCUT2D eigenvalue weighted by atomic mass is 35.5. The molecule has 5 aliphatic rings. The van der Waals surface area contributed by atoms with Crippen molar-refractivity contribution in [1.29, 1.82) is 0 Å². The van der Waals surface area contributed by atoms with Crippen LogP contribution in [-0.4, -0.2) is 90.9 Å². The van der Waals surface area contributed by atoms with Crippen LogP contribution < -0.4 is 0 Å². The number of piperazine rings is 1. The second-order valence-corrected chi connectivity index (χ2v) is 16.4. The molecule has 0 N–H and O–H groups in total. The molecule has 3 fully saturated rings. The summed E-state index contributed by atoms with van der Waals surface area (Å²) in [4.78, 5) is 57.3. The highest BCUT2D eigenvalue weighted by molar-refractivity contribution is 8.18. The Morgan fingerprint density at radius 2 is 1.83 bits per heavy atom. The number of amides is 3. The number of carbonyl (C=O) groups excluding carboxylic acids is 3. The molecule has 1 aliphatic carbocycles. The number of hydrogen-bond acceptors (Lipinski definition) is 7. The van der Waals surface area contributed by atoms with Gasteiger partial charge in [0, 0.05) is 43.1 Å². The molecule has 16 heteroatoms. The van der Waals surface area contributed by atoms with Crippen molar-refractivity contribution in [3.63, 3.8) is 0 Å². The fourth-order valence-electron chi connectivity index (χ4n) is 8.24. The lowest BCUT2D eigenvalue weighted by atomic mass is 9.81. The molecular weight excluding hydrogens is 743 g/mol. The fourth-order valence-corrected chi connectivity index (χ4v) is 9.84. The zero-order valence-electron chi connectivity index (χ0n) is 29.0. The van der Waals surface area contributed by atoms with Crippen LogP contribution in [0.4, 0.5) is 17.6 Å². The van der Waals surface area contributed by atoms with Crippen LogP contribution >= 0.6 is 35.0 Å². The van der Waals surface area contributed by atoms with Crippen LogP contribution in [0.1, 0.15) is 77.0 Å². The van der Waals surface area contributed by atoms with Crippen LogP contribution in [0.25, 0.3) is 0 Å². The summed E-state index contributed by atoms with van der Waals surface area (Å²) in [7, 11) is 0. The third kappa shape index (κ3) is 6.06. The molecule has 52 heavy (non-hydrogen) atoms. The predicted octanol–water partition coefficient (Wildman–Crippen LogP) is 7.31. The Labute approximate surface area is 313 Å². The summed E-state index contributed by atoms with van der Waals surface area (Å²) in [5.41, 5.74) is -0.00808. The van der Waals surface area contributed by atoms with Crippen LogP contribution in [0.3, 0.4) is 0 Å². The van der Waals surface area contributed by atoms with Crippen molar-refractivity contribution in [3.8, 4) is 0 Å². The molecule has 0 bridgehead atoms. The third-order valence-corrected chi connectivity index (χ3v) is 12.7. The molecule has 3 amide bonds. The Morgan fingerprint density at radius 1 is 1.10 bits per heavy atom. The van der Waals surface area contributed by atoms with E-state index in [1.165, 1.54) is 23.9 Å². The summed E-state index contributed by atoms with van der Waals surface area (Å²) >= 11 is 13.4. The Balaban J connectivity index is 1.21. The standard InChI is InChI=1S/C36H38Cl2F4N6O3S/c1-5-22-17-47(32(51)36(40,41)42)35(12-13-35)18-46(22)30(49)25-7-6-14-45(25)31(50)28-27(19(2)3)48-29(20-8-10-23(37)24(39)15-20)34(4,44-33(48)52-28)21-9-11-26(38)43-16-21/h8-11,15-16,19,22,25,29H,5-7,12-14,17-18H2,1-4H3/t22-,25-,29-,34+/m1/s1. The van der Waals surface area contributed by atoms with Crippen molar-refractivity contribution in [3.05, 3.63) is 74.3 Å². The predicted molar refractivity (Wildman–Crippen MR) is 190 cm³/mol. The number of carbonyl (C=O) groups is 3. The molecule has 2 saturated heterocycles. The van der Waals surface area contributed by atoms with Crippen molar-refractivity contribution in [2.75, 3.05) is 19.6 Å². The van der Waals surface area contributed by atoms with Gasteiger partial charge in [-0.25, -0.2) is 14.4 Å². The van der Waals surface area contributed by atoms with E-state index in [1.54, 1.807) is 35.1 Å². The van der Waals surface area contributed by atoms with Gasteiger partial charge >= 0.3 is 12.1 Å². The number of aromatic nitrogens is 1. The average molecular weight is 782 g/mol. The van der Waals surface area contributed by atoms with E-state index in [1.807, 2.05) is 31.7 Å². The number of hydrogen-bond donors (Lipinski definition) is 0. The lowest BCUT2D eigenvalue weighted by Crippen LogP contribution is -2.66. The number of aliphatic imine (C=N–C) groups is 1. The minimum Gasteiger partial charge on any atom is -0.334 e. The zero-order chi connectivity index (χ0) is 37.5. The lowest BCUT2D eigenvalue weighted by molar-refractivity contribution is -0.193. The van der Waals surface area contributed by atoms with Gasteiger partial charge in [0.15, 0.2) is 5.17 Å². The molecule has 4 atom stereocenters. The number of allylic oxidation sites excluding steroid dienone is 1. The van der Waals surface area contributed by atoms with E-state index in [0.717, 1.165) is 10.5 Å². The number of amidine groups is 1. The van der Waals surface area contributed by atoms with Crippen LogP contribution in [-0.2, 0) is 19.9 Å². The van der Waals surface area contributed by atoms with E-state index >= 15 is 4.39 Å². The Bertz CT molecular complexity index is 1890. The maximum absolute atomic E-state index is 15.0. The Kier molecular flexibility index (Phi) is 9.38. The van der Waals surface area contributed by atoms with E-state index in [2.05, 4.69) is 4.98 Å². The number of rotatable bonds is 6. The molecule has 1 saturated carbocycles. The first-order valence-electron chi connectivity index (χ1n) is 17.4. The molecule has 5 heterocycles. The number of fused-ring (bicyclic) bond motifs is 1. The number of nitrogens with zero attached hydrogens (tertiary/aromatic N) is 6. The van der Waals surface area contributed by atoms with E-state index in [-0.39, 0.29) is 35.8 Å². The van der Waals surface area contributed by atoms with Gasteiger partial charge in [0.1, 0.15) is 27.5 Å². The molecule has 9 nitrogen and oxygen atoms in total. The van der Waals surface area contributed by atoms with Gasteiger partial charge in [-0.2, -0.15) is 13.2 Å². The topological polar surface area (TPSA) is 89.4 Å². The summed E-state index contributed by atoms with van der Waals surface area (Å²) in [5, 5.41) is 0.820. The fraction of sp³-hybridized carbons (Fsp3) is 0.528. The molecule has 7 rings (SSSR count). The summed E-state index contributed by atoms with van der Waals surface area (Å²) < 4.78 is 55.6. The summed E-state index contributed by atoms with van der Waals surface area (Å²) in [5.74, 6) is -3.31. The number of halogens is 6. The monoisotopic (exact) mass is 780 g/mol. The minimum absolute atomic E-state index is 0.00142. The minimum atomic E-state index is -5.00. The van der Waals surface area contributed by atoms with Gasteiger partial charge in [-0.3, -0.25) is 14.4 Å². The van der Waals surface area contributed by atoms with Crippen LogP contribution in [0, 0.1) is 11.7 Å². The molecular formula is C36H38Cl2F4N6O3S. The average Bonchev–Trinajstić information content (AvgIpc) is 3.40. The SMILES string of the molecule is CC[C@@H]1CN(C(=O)C(F)(F)F)C2(CC2)CN1C(=O)[C@H]1CCCN1C(=O)C1=C(C(C)C)N2C(=N[C@@](C)(c3ccc(Cl)nc3)[C@H]2c2ccc(Cl)c(F)c2)S1. The quantitative estimate of drug-likeness (QED) is 0.226. The first-order chi connectivity index (χ1) is 24.5. The largest absolute Gasteiger partial charge is 0.471 e. The molecule has 0 unspecified atom stereocenters. The van der Waals surface area contributed by atoms with Crippen molar-refractivity contribution in [2.45, 2.75) is 95.2 Å². The number of likely N-dealkylation sites (tertiary alicyclic amines) is 1. The van der Waals surface area contributed by atoms with E-state index in [0.29, 0.717) is 65.1 Å². The van der Waals surface area contributed by atoms with E-state index < -0.39 is 47.1 Å². The number of thioether (sulfide) groups is 1. The van der Waals surface area contributed by atoms with Gasteiger partial charge in [0.05, 0.1) is 16.6 Å². The molecule has 1 spiro atoms. The van der Waals surface area contributed by atoms with Gasteiger partial charge < -0.3 is 19.6 Å². The van der Waals surface area contributed by atoms with Gasteiger partial charge in [-0.1, -0.05) is 56.1 Å². The van der Waals surface area contributed by atoms with E-state index in [4.69, 9.17) is 28.2 Å². The van der Waals surface area contributed by atoms with Crippen molar-refractivity contribution in [1.82, 2.24) is 24.6 Å². The summed E-state index contributed by atoms with van der Waals surface area (Å²) in [6.45, 7) is 7.74. The first kappa shape index (κ1) is 37.0. The third-order valence-electron chi connectivity index (χ3n) is 11.1. The summed E-state index contributed by atoms with van der Waals surface area (Å²) in [6, 6.07) is 6.08. The molecule has 1 aromatic heterocycles. The Hall–Kier alpha value is -3.36. The highest BCUT2D eigenvalue weighted by Gasteiger charge is 2.61. The van der Waals surface area contributed by atoms with E-state index in [9.17, 15) is 27.6 Å².